The van der Waals surface area contributed by atoms with E-state index in [1.54, 1.807) is 0 Å². The highest BCUT2D eigenvalue weighted by Crippen LogP contribution is 2.12. The maximum absolute atomic E-state index is 13.5. The molecule has 2 aromatic rings. The molecular formula is C16H15F2NO2. The first-order valence-electron chi connectivity index (χ1n) is 6.51. The van der Waals surface area contributed by atoms with E-state index in [0.717, 1.165) is 17.7 Å². The summed E-state index contributed by atoms with van der Waals surface area (Å²) < 4.78 is 27.0. The maximum atomic E-state index is 13.5. The third-order valence-electron chi connectivity index (χ3n) is 3.07. The summed E-state index contributed by atoms with van der Waals surface area (Å²) in [6.07, 6.45) is 0.374. The molecular weight excluding hydrogens is 276 g/mol. The molecule has 2 rings (SSSR count). The maximum Gasteiger partial charge on any atom is 0.257 e. The number of benzene rings is 2. The van der Waals surface area contributed by atoms with E-state index >= 15 is 0 Å². The molecule has 1 atom stereocenters. The van der Waals surface area contributed by atoms with Crippen LogP contribution in [-0.2, 0) is 6.42 Å². The second kappa shape index (κ2) is 6.95. The van der Waals surface area contributed by atoms with Crippen LogP contribution in [0.3, 0.4) is 0 Å². The number of nitrogens with one attached hydrogen (secondary N) is 1. The van der Waals surface area contributed by atoms with Crippen LogP contribution in [0.2, 0.25) is 0 Å². The lowest BCUT2D eigenvalue weighted by Gasteiger charge is -2.17. The van der Waals surface area contributed by atoms with Gasteiger partial charge in [0.25, 0.3) is 5.91 Å². The number of hydrogen-bond donors (Lipinski definition) is 2. The summed E-state index contributed by atoms with van der Waals surface area (Å²) >= 11 is 0. The molecule has 0 aliphatic carbocycles. The molecule has 21 heavy (non-hydrogen) atoms. The highest BCUT2D eigenvalue weighted by Gasteiger charge is 2.20. The average Bonchev–Trinajstić information content (AvgIpc) is 2.47. The van der Waals surface area contributed by atoms with E-state index in [2.05, 4.69) is 5.32 Å². The topological polar surface area (TPSA) is 49.3 Å². The Labute approximate surface area is 121 Å². The molecule has 0 heterocycles. The zero-order chi connectivity index (χ0) is 15.2. The molecule has 110 valence electrons. The van der Waals surface area contributed by atoms with Gasteiger partial charge in [-0.2, -0.15) is 0 Å². The number of carbonyl (C=O) groups is 1. The Balaban J connectivity index is 2.10. The van der Waals surface area contributed by atoms with Gasteiger partial charge in [0.2, 0.25) is 0 Å². The van der Waals surface area contributed by atoms with Crippen LogP contribution in [0.15, 0.2) is 48.5 Å². The molecule has 1 unspecified atom stereocenters. The monoisotopic (exact) mass is 291 g/mol. The van der Waals surface area contributed by atoms with Gasteiger partial charge in [-0.05, 0) is 24.1 Å². The number of carbonyl (C=O) groups excluding carboxylic acids is 1. The van der Waals surface area contributed by atoms with E-state index in [-0.39, 0.29) is 6.61 Å². The Kier molecular flexibility index (Phi) is 5.00. The summed E-state index contributed by atoms with van der Waals surface area (Å²) in [4.78, 5) is 11.9. The van der Waals surface area contributed by atoms with Gasteiger partial charge in [0.15, 0.2) is 0 Å². The minimum atomic E-state index is -0.927. The van der Waals surface area contributed by atoms with Crippen LogP contribution in [0, 0.1) is 11.6 Å². The smallest absolute Gasteiger partial charge is 0.257 e. The van der Waals surface area contributed by atoms with Gasteiger partial charge in [0.05, 0.1) is 12.6 Å². The van der Waals surface area contributed by atoms with E-state index in [1.165, 1.54) is 6.07 Å². The second-order valence-corrected chi connectivity index (χ2v) is 4.64. The van der Waals surface area contributed by atoms with E-state index in [0.29, 0.717) is 6.42 Å². The van der Waals surface area contributed by atoms with Crippen LogP contribution in [0.25, 0.3) is 0 Å². The number of aliphatic hydroxyl groups is 1. The predicted octanol–water partition coefficient (Wildman–Crippen LogP) is 2.30. The highest BCUT2D eigenvalue weighted by atomic mass is 19.1. The van der Waals surface area contributed by atoms with Crippen molar-refractivity contribution in [2.24, 2.45) is 0 Å². The van der Waals surface area contributed by atoms with Gasteiger partial charge in [-0.25, -0.2) is 8.78 Å². The normalized spacial score (nSPS) is 12.0. The minimum Gasteiger partial charge on any atom is -0.394 e. The largest absolute Gasteiger partial charge is 0.394 e. The Bertz CT molecular complexity index is 597. The van der Waals surface area contributed by atoms with Crippen LogP contribution in [-0.4, -0.2) is 23.7 Å². The fourth-order valence-corrected chi connectivity index (χ4v) is 2.03. The number of amides is 1. The van der Waals surface area contributed by atoms with Crippen molar-refractivity contribution in [1.29, 1.82) is 0 Å². The standard InChI is InChI=1S/C16H15F2NO2/c17-13-7-4-8-14(18)15(13)16(21)19-12(10-20)9-11-5-2-1-3-6-11/h1-8,12,20H,9-10H2,(H,19,21). The Morgan fingerprint density at radius 1 is 1.05 bits per heavy atom. The van der Waals surface area contributed by atoms with Crippen molar-refractivity contribution in [2.75, 3.05) is 6.61 Å². The molecule has 0 aliphatic heterocycles. The molecule has 2 aromatic carbocycles. The lowest BCUT2D eigenvalue weighted by Crippen LogP contribution is -2.39. The Morgan fingerprint density at radius 2 is 1.67 bits per heavy atom. The number of rotatable bonds is 5. The fourth-order valence-electron chi connectivity index (χ4n) is 2.03. The molecule has 3 nitrogen and oxygen atoms in total. The summed E-state index contributed by atoms with van der Waals surface area (Å²) in [5.74, 6) is -2.73. The Morgan fingerprint density at radius 3 is 2.24 bits per heavy atom. The zero-order valence-electron chi connectivity index (χ0n) is 11.2. The van der Waals surface area contributed by atoms with E-state index < -0.39 is 29.1 Å². The van der Waals surface area contributed by atoms with Crippen LogP contribution in [0.1, 0.15) is 15.9 Å². The van der Waals surface area contributed by atoms with Gasteiger partial charge >= 0.3 is 0 Å². The lowest BCUT2D eigenvalue weighted by atomic mass is 10.1. The van der Waals surface area contributed by atoms with Crippen molar-refractivity contribution < 1.29 is 18.7 Å². The summed E-state index contributed by atoms with van der Waals surface area (Å²) in [5, 5.41) is 11.8. The van der Waals surface area contributed by atoms with Crippen molar-refractivity contribution in [1.82, 2.24) is 5.32 Å². The minimum absolute atomic E-state index is 0.323. The lowest BCUT2D eigenvalue weighted by molar-refractivity contribution is 0.0908. The van der Waals surface area contributed by atoms with Gasteiger partial charge in [0, 0.05) is 0 Å². The van der Waals surface area contributed by atoms with Crippen LogP contribution in [0.4, 0.5) is 8.78 Å². The molecule has 0 aliphatic rings. The van der Waals surface area contributed by atoms with Crippen molar-refractivity contribution >= 4 is 5.91 Å². The molecule has 0 radical (unpaired) electrons. The first kappa shape index (κ1) is 15.1. The highest BCUT2D eigenvalue weighted by molar-refractivity contribution is 5.94. The molecule has 2 N–H and O–H groups in total. The van der Waals surface area contributed by atoms with Gasteiger partial charge in [-0.3, -0.25) is 4.79 Å². The molecule has 1 amide bonds. The number of halogens is 2. The molecule has 0 bridgehead atoms. The summed E-state index contributed by atoms with van der Waals surface area (Å²) in [5.41, 5.74) is 0.273. The molecule has 0 spiro atoms. The molecule has 0 saturated carbocycles. The zero-order valence-corrected chi connectivity index (χ0v) is 11.2. The van der Waals surface area contributed by atoms with Crippen LogP contribution >= 0.6 is 0 Å². The van der Waals surface area contributed by atoms with Crippen molar-refractivity contribution in [3.8, 4) is 0 Å². The predicted molar refractivity (Wildman–Crippen MR) is 74.8 cm³/mol. The summed E-state index contributed by atoms with van der Waals surface area (Å²) in [6, 6.07) is 11.8. The number of hydrogen-bond acceptors (Lipinski definition) is 2. The van der Waals surface area contributed by atoms with Crippen molar-refractivity contribution in [3.63, 3.8) is 0 Å². The third-order valence-corrected chi connectivity index (χ3v) is 3.07. The van der Waals surface area contributed by atoms with Crippen molar-refractivity contribution in [3.05, 3.63) is 71.3 Å². The van der Waals surface area contributed by atoms with Crippen LogP contribution < -0.4 is 5.32 Å². The van der Waals surface area contributed by atoms with E-state index in [1.807, 2.05) is 30.3 Å². The van der Waals surface area contributed by atoms with Crippen LogP contribution in [0.5, 0.6) is 0 Å². The SMILES string of the molecule is O=C(NC(CO)Cc1ccccc1)c1c(F)cccc1F. The molecule has 0 saturated heterocycles. The molecule has 5 heteroatoms. The van der Waals surface area contributed by atoms with Gasteiger partial charge < -0.3 is 10.4 Å². The molecule has 0 aromatic heterocycles. The summed E-state index contributed by atoms with van der Waals surface area (Å²) in [7, 11) is 0. The van der Waals surface area contributed by atoms with Gasteiger partial charge in [0.1, 0.15) is 17.2 Å². The summed E-state index contributed by atoms with van der Waals surface area (Å²) in [6.45, 7) is -0.323. The fraction of sp³-hybridized carbons (Fsp3) is 0.188. The first-order valence-corrected chi connectivity index (χ1v) is 6.51. The number of aliphatic hydroxyl groups excluding tert-OH is 1. The quantitative estimate of drug-likeness (QED) is 0.888. The second-order valence-electron chi connectivity index (χ2n) is 4.64. The third kappa shape index (κ3) is 3.86. The first-order chi connectivity index (χ1) is 10.1. The van der Waals surface area contributed by atoms with E-state index in [9.17, 15) is 18.7 Å². The average molecular weight is 291 g/mol. The van der Waals surface area contributed by atoms with Gasteiger partial charge in [-0.15, -0.1) is 0 Å². The van der Waals surface area contributed by atoms with Gasteiger partial charge in [-0.1, -0.05) is 36.4 Å². The molecule has 0 fully saturated rings. The van der Waals surface area contributed by atoms with E-state index in [4.69, 9.17) is 0 Å². The Hall–Kier alpha value is -2.27. The van der Waals surface area contributed by atoms with Crippen molar-refractivity contribution in [2.45, 2.75) is 12.5 Å².